The number of aliphatic hydroxyl groups excluding tert-OH is 1. The van der Waals surface area contributed by atoms with Crippen LogP contribution in [0.2, 0.25) is 0 Å². The fraction of sp³-hybridized carbons (Fsp3) is 1.00. The van der Waals surface area contributed by atoms with Gasteiger partial charge in [-0.05, 0) is 25.2 Å². The molecule has 0 aromatic rings. The van der Waals surface area contributed by atoms with E-state index in [2.05, 4.69) is 5.32 Å². The van der Waals surface area contributed by atoms with Crippen LogP contribution in [0.3, 0.4) is 0 Å². The summed E-state index contributed by atoms with van der Waals surface area (Å²) in [5.41, 5.74) is 0. The van der Waals surface area contributed by atoms with Crippen molar-refractivity contribution in [3.63, 3.8) is 0 Å². The summed E-state index contributed by atoms with van der Waals surface area (Å²) in [6.07, 6.45) is 4.76. The Morgan fingerprint density at radius 1 is 1.33 bits per heavy atom. The molecule has 0 radical (unpaired) electrons. The molecule has 0 amide bonds. The Morgan fingerprint density at radius 2 is 2.22 bits per heavy atom. The second kappa shape index (κ2) is 1.96. The predicted octanol–water partition coefficient (Wildman–Crippen LogP) is 0.467. The van der Waals surface area contributed by atoms with Gasteiger partial charge < -0.3 is 5.11 Å². The molecule has 3 atom stereocenters. The monoisotopic (exact) mass is 127 g/mol. The van der Waals surface area contributed by atoms with Gasteiger partial charge in [0.05, 0.1) is 0 Å². The molecule has 2 heteroatoms. The van der Waals surface area contributed by atoms with Crippen molar-refractivity contribution in [1.82, 2.24) is 5.32 Å². The van der Waals surface area contributed by atoms with Crippen LogP contribution in [0.5, 0.6) is 0 Å². The number of hydrogen-bond acceptors (Lipinski definition) is 2. The van der Waals surface area contributed by atoms with E-state index in [9.17, 15) is 0 Å². The van der Waals surface area contributed by atoms with Crippen LogP contribution in [0.4, 0.5) is 0 Å². The Hall–Kier alpha value is -0.0800. The Labute approximate surface area is 55.3 Å². The van der Waals surface area contributed by atoms with Gasteiger partial charge in [-0.3, -0.25) is 5.32 Å². The Bertz CT molecular complexity index is 103. The van der Waals surface area contributed by atoms with Crippen LogP contribution >= 0.6 is 0 Å². The molecule has 0 aromatic carbocycles. The van der Waals surface area contributed by atoms with E-state index >= 15 is 0 Å². The van der Waals surface area contributed by atoms with Crippen LogP contribution in [0.1, 0.15) is 25.7 Å². The van der Waals surface area contributed by atoms with Crippen LogP contribution in [0.25, 0.3) is 0 Å². The first-order valence-corrected chi connectivity index (χ1v) is 3.80. The molecule has 1 aliphatic heterocycles. The maximum Gasteiger partial charge on any atom is 0.105 e. The number of nitrogens with one attached hydrogen (secondary N) is 1. The SMILES string of the molecule is OC1CC2CCCC2N1. The van der Waals surface area contributed by atoms with Gasteiger partial charge in [-0.15, -0.1) is 0 Å². The van der Waals surface area contributed by atoms with E-state index in [0.29, 0.717) is 6.04 Å². The molecule has 52 valence electrons. The third-order valence-electron chi connectivity index (χ3n) is 2.59. The fourth-order valence-corrected chi connectivity index (χ4v) is 2.14. The van der Waals surface area contributed by atoms with Crippen LogP contribution < -0.4 is 5.32 Å². The lowest BCUT2D eigenvalue weighted by Gasteiger charge is -2.06. The summed E-state index contributed by atoms with van der Waals surface area (Å²) >= 11 is 0. The average Bonchev–Trinajstić information content (AvgIpc) is 2.22. The Morgan fingerprint density at radius 3 is 3.00 bits per heavy atom. The van der Waals surface area contributed by atoms with E-state index in [1.807, 2.05) is 0 Å². The standard InChI is InChI=1S/C7H13NO/c9-7-4-5-2-1-3-6(5)8-7/h5-9H,1-4H2. The molecular formula is C7H13NO. The van der Waals surface area contributed by atoms with E-state index in [1.165, 1.54) is 19.3 Å². The highest BCUT2D eigenvalue weighted by molar-refractivity contribution is 4.90. The Kier molecular flexibility index (Phi) is 1.24. The first-order valence-electron chi connectivity index (χ1n) is 3.80. The van der Waals surface area contributed by atoms with Crippen molar-refractivity contribution in [2.24, 2.45) is 5.92 Å². The lowest BCUT2D eigenvalue weighted by atomic mass is 10.0. The molecule has 3 unspecified atom stereocenters. The number of hydrogen-bond donors (Lipinski definition) is 2. The van der Waals surface area contributed by atoms with E-state index in [0.717, 1.165) is 12.3 Å². The van der Waals surface area contributed by atoms with Gasteiger partial charge in [-0.25, -0.2) is 0 Å². The normalized spacial score (nSPS) is 49.7. The Balaban J connectivity index is 2.02. The lowest BCUT2D eigenvalue weighted by molar-refractivity contribution is 0.149. The predicted molar refractivity (Wildman–Crippen MR) is 34.9 cm³/mol. The topological polar surface area (TPSA) is 32.3 Å². The van der Waals surface area contributed by atoms with E-state index in [1.54, 1.807) is 0 Å². The summed E-state index contributed by atoms with van der Waals surface area (Å²) in [7, 11) is 0. The molecule has 1 saturated heterocycles. The van der Waals surface area contributed by atoms with Gasteiger partial charge in [-0.1, -0.05) is 6.42 Å². The van der Waals surface area contributed by atoms with Crippen molar-refractivity contribution in [3.8, 4) is 0 Å². The van der Waals surface area contributed by atoms with E-state index in [-0.39, 0.29) is 6.23 Å². The third kappa shape index (κ3) is 0.864. The zero-order valence-electron chi connectivity index (χ0n) is 5.51. The van der Waals surface area contributed by atoms with E-state index < -0.39 is 0 Å². The first-order chi connectivity index (χ1) is 4.36. The molecule has 2 N–H and O–H groups in total. The molecule has 9 heavy (non-hydrogen) atoms. The van der Waals surface area contributed by atoms with E-state index in [4.69, 9.17) is 5.11 Å². The minimum atomic E-state index is -0.194. The highest BCUT2D eigenvalue weighted by Crippen LogP contribution is 2.33. The van der Waals surface area contributed by atoms with Gasteiger partial charge in [0, 0.05) is 6.04 Å². The molecule has 1 aliphatic carbocycles. The maximum absolute atomic E-state index is 9.12. The van der Waals surface area contributed by atoms with Gasteiger partial charge >= 0.3 is 0 Å². The fourth-order valence-electron chi connectivity index (χ4n) is 2.14. The third-order valence-corrected chi connectivity index (χ3v) is 2.59. The molecule has 0 aromatic heterocycles. The molecule has 2 rings (SSSR count). The van der Waals surface area contributed by atoms with Gasteiger partial charge in [0.2, 0.25) is 0 Å². The minimum Gasteiger partial charge on any atom is -0.379 e. The molecule has 0 bridgehead atoms. The second-order valence-electron chi connectivity index (χ2n) is 3.22. The van der Waals surface area contributed by atoms with Crippen molar-refractivity contribution in [1.29, 1.82) is 0 Å². The van der Waals surface area contributed by atoms with Crippen LogP contribution in [-0.2, 0) is 0 Å². The lowest BCUT2D eigenvalue weighted by Crippen LogP contribution is -2.28. The first kappa shape index (κ1) is 5.69. The molecule has 2 fully saturated rings. The summed E-state index contributed by atoms with van der Waals surface area (Å²) in [5.74, 6) is 0.792. The molecule has 1 heterocycles. The molecular weight excluding hydrogens is 114 g/mol. The summed E-state index contributed by atoms with van der Waals surface area (Å²) < 4.78 is 0. The van der Waals surface area contributed by atoms with Crippen molar-refractivity contribution >= 4 is 0 Å². The number of aliphatic hydroxyl groups is 1. The summed E-state index contributed by atoms with van der Waals surface area (Å²) in [6.45, 7) is 0. The summed E-state index contributed by atoms with van der Waals surface area (Å²) in [6, 6.07) is 0.653. The molecule has 0 spiro atoms. The zero-order valence-corrected chi connectivity index (χ0v) is 5.51. The van der Waals surface area contributed by atoms with Gasteiger partial charge in [-0.2, -0.15) is 0 Å². The van der Waals surface area contributed by atoms with Gasteiger partial charge in [0.1, 0.15) is 6.23 Å². The van der Waals surface area contributed by atoms with Crippen molar-refractivity contribution in [3.05, 3.63) is 0 Å². The maximum atomic E-state index is 9.12. The highest BCUT2D eigenvalue weighted by atomic mass is 16.3. The van der Waals surface area contributed by atoms with Crippen LogP contribution in [0, 0.1) is 5.92 Å². The van der Waals surface area contributed by atoms with Crippen LogP contribution in [0.15, 0.2) is 0 Å². The van der Waals surface area contributed by atoms with Crippen molar-refractivity contribution in [2.75, 3.05) is 0 Å². The molecule has 2 nitrogen and oxygen atoms in total. The second-order valence-corrected chi connectivity index (χ2v) is 3.22. The number of rotatable bonds is 0. The summed E-state index contributed by atoms with van der Waals surface area (Å²) in [5, 5.41) is 12.3. The quantitative estimate of drug-likeness (QED) is 0.495. The smallest absolute Gasteiger partial charge is 0.105 e. The van der Waals surface area contributed by atoms with Gasteiger partial charge in [0.25, 0.3) is 0 Å². The van der Waals surface area contributed by atoms with Gasteiger partial charge in [0.15, 0.2) is 0 Å². The minimum absolute atomic E-state index is 0.194. The summed E-state index contributed by atoms with van der Waals surface area (Å²) in [4.78, 5) is 0. The zero-order chi connectivity index (χ0) is 6.27. The molecule has 1 saturated carbocycles. The highest BCUT2D eigenvalue weighted by Gasteiger charge is 2.35. The van der Waals surface area contributed by atoms with Crippen LogP contribution in [-0.4, -0.2) is 17.4 Å². The van der Waals surface area contributed by atoms with Crippen molar-refractivity contribution < 1.29 is 5.11 Å². The largest absolute Gasteiger partial charge is 0.379 e. The average molecular weight is 127 g/mol. The number of fused-ring (bicyclic) bond motifs is 1. The molecule has 2 aliphatic rings. The van der Waals surface area contributed by atoms with Crippen molar-refractivity contribution in [2.45, 2.75) is 38.0 Å².